The van der Waals surface area contributed by atoms with Crippen LogP contribution in [0.5, 0.6) is 0 Å². The fourth-order valence-corrected chi connectivity index (χ4v) is 3.57. The second kappa shape index (κ2) is 8.91. The quantitative estimate of drug-likeness (QED) is 0.673. The Balaban J connectivity index is 2.03. The molecular formula is C20H19ClF4N4O3. The molecule has 12 heteroatoms. The van der Waals surface area contributed by atoms with Crippen LogP contribution >= 0.6 is 11.6 Å². The third-order valence-corrected chi connectivity index (χ3v) is 5.26. The molecule has 0 radical (unpaired) electrons. The SMILES string of the molecule is Cc1cc(C(F)(F)F)cc(N2C(=O)N(CCO)CC2C(=O)N(C)c2ccc(F)c(Cl)c2)n1. The highest BCUT2D eigenvalue weighted by atomic mass is 35.5. The average Bonchev–Trinajstić information content (AvgIpc) is 3.04. The summed E-state index contributed by atoms with van der Waals surface area (Å²) in [5, 5.41) is 9.02. The largest absolute Gasteiger partial charge is 0.416 e. The number of carbonyl (C=O) groups is 2. The van der Waals surface area contributed by atoms with Crippen molar-refractivity contribution in [2.75, 3.05) is 36.5 Å². The number of aliphatic hydroxyl groups excluding tert-OH is 1. The number of alkyl halides is 3. The minimum atomic E-state index is -4.68. The standard InChI is InChI=1S/C20H19ClF4N4O3/c1-11-7-12(20(23,24)25)8-17(26-11)29-16(10-28(5-6-30)19(29)32)18(31)27(2)13-3-4-15(22)14(21)9-13/h3-4,7-9,16,30H,5-6,10H2,1-2H3. The van der Waals surface area contributed by atoms with Gasteiger partial charge in [-0.05, 0) is 37.3 Å². The molecule has 1 aromatic carbocycles. The second-order valence-electron chi connectivity index (χ2n) is 7.19. The van der Waals surface area contributed by atoms with Crippen LogP contribution in [0.2, 0.25) is 5.02 Å². The number of aliphatic hydroxyl groups is 1. The molecule has 1 atom stereocenters. The number of amides is 3. The first-order chi connectivity index (χ1) is 14.9. The molecule has 3 rings (SSSR count). The van der Waals surface area contributed by atoms with Crippen molar-refractivity contribution in [1.29, 1.82) is 0 Å². The van der Waals surface area contributed by atoms with E-state index in [9.17, 15) is 32.3 Å². The number of hydrogen-bond donors (Lipinski definition) is 1. The van der Waals surface area contributed by atoms with Gasteiger partial charge in [-0.3, -0.25) is 9.69 Å². The molecule has 172 valence electrons. The number of aryl methyl sites for hydroxylation is 1. The van der Waals surface area contributed by atoms with Gasteiger partial charge in [0.25, 0.3) is 5.91 Å². The van der Waals surface area contributed by atoms with Gasteiger partial charge in [0.15, 0.2) is 0 Å². The molecule has 1 aliphatic rings. The van der Waals surface area contributed by atoms with Crippen molar-refractivity contribution in [1.82, 2.24) is 9.88 Å². The van der Waals surface area contributed by atoms with Crippen molar-refractivity contribution in [3.8, 4) is 0 Å². The van der Waals surface area contributed by atoms with Crippen LogP contribution in [-0.2, 0) is 11.0 Å². The van der Waals surface area contributed by atoms with Gasteiger partial charge in [-0.2, -0.15) is 13.2 Å². The first-order valence-electron chi connectivity index (χ1n) is 9.41. The summed E-state index contributed by atoms with van der Waals surface area (Å²) in [6.45, 7) is 0.630. The molecule has 0 aliphatic carbocycles. The van der Waals surface area contributed by atoms with E-state index in [1.807, 2.05) is 0 Å². The van der Waals surface area contributed by atoms with E-state index in [1.165, 1.54) is 26.1 Å². The van der Waals surface area contributed by atoms with Crippen LogP contribution in [-0.4, -0.2) is 59.7 Å². The van der Waals surface area contributed by atoms with Crippen LogP contribution in [0.3, 0.4) is 0 Å². The Morgan fingerprint density at radius 3 is 2.59 bits per heavy atom. The normalized spacial score (nSPS) is 16.6. The first-order valence-corrected chi connectivity index (χ1v) is 9.79. The van der Waals surface area contributed by atoms with Gasteiger partial charge in [-0.25, -0.2) is 14.2 Å². The molecule has 0 spiro atoms. The Hall–Kier alpha value is -2.92. The number of likely N-dealkylation sites (N-methyl/N-ethyl adjacent to an activating group) is 1. The van der Waals surface area contributed by atoms with E-state index < -0.39 is 42.1 Å². The van der Waals surface area contributed by atoms with Crippen molar-refractivity contribution in [2.24, 2.45) is 0 Å². The minimum Gasteiger partial charge on any atom is -0.395 e. The molecule has 0 saturated carbocycles. The third kappa shape index (κ3) is 4.63. The van der Waals surface area contributed by atoms with E-state index in [4.69, 9.17) is 11.6 Å². The van der Waals surface area contributed by atoms with E-state index in [-0.39, 0.29) is 35.3 Å². The summed E-state index contributed by atoms with van der Waals surface area (Å²) in [4.78, 5) is 33.3. The second-order valence-corrected chi connectivity index (χ2v) is 7.59. The molecule has 1 N–H and O–H groups in total. The van der Waals surface area contributed by atoms with Crippen LogP contribution < -0.4 is 9.80 Å². The van der Waals surface area contributed by atoms with Gasteiger partial charge in [0.1, 0.15) is 17.7 Å². The van der Waals surface area contributed by atoms with Crippen LogP contribution in [0.1, 0.15) is 11.3 Å². The summed E-state index contributed by atoms with van der Waals surface area (Å²) in [6, 6.07) is 3.11. The highest BCUT2D eigenvalue weighted by Crippen LogP contribution is 2.34. The number of urea groups is 1. The maximum Gasteiger partial charge on any atom is 0.416 e. The van der Waals surface area contributed by atoms with Gasteiger partial charge in [-0.1, -0.05) is 11.6 Å². The summed E-state index contributed by atoms with van der Waals surface area (Å²) in [6.07, 6.45) is -4.68. The number of β-amino-alcohol motifs (C(OH)–C–C–N with tert-alkyl or cyclic N) is 1. The highest BCUT2D eigenvalue weighted by molar-refractivity contribution is 6.31. The van der Waals surface area contributed by atoms with Gasteiger partial charge in [0.2, 0.25) is 0 Å². The maximum atomic E-state index is 13.5. The van der Waals surface area contributed by atoms with Crippen LogP contribution in [0, 0.1) is 12.7 Å². The molecule has 3 amide bonds. The molecule has 1 aliphatic heterocycles. The number of halogens is 5. The number of rotatable bonds is 5. The van der Waals surface area contributed by atoms with Crippen molar-refractivity contribution in [3.05, 3.63) is 52.4 Å². The fraction of sp³-hybridized carbons (Fsp3) is 0.350. The summed E-state index contributed by atoms with van der Waals surface area (Å²) in [7, 11) is 1.37. The first kappa shape index (κ1) is 23.7. The third-order valence-electron chi connectivity index (χ3n) is 4.97. The molecule has 1 unspecified atom stereocenters. The molecule has 7 nitrogen and oxygen atoms in total. The van der Waals surface area contributed by atoms with E-state index in [0.29, 0.717) is 6.07 Å². The Morgan fingerprint density at radius 2 is 2.00 bits per heavy atom. The smallest absolute Gasteiger partial charge is 0.395 e. The zero-order chi connectivity index (χ0) is 23.8. The van der Waals surface area contributed by atoms with Gasteiger partial charge >= 0.3 is 12.2 Å². The van der Waals surface area contributed by atoms with Crippen LogP contribution in [0.25, 0.3) is 0 Å². The van der Waals surface area contributed by atoms with Gasteiger partial charge < -0.3 is 14.9 Å². The van der Waals surface area contributed by atoms with E-state index in [2.05, 4.69) is 4.98 Å². The number of aromatic nitrogens is 1. The lowest BCUT2D eigenvalue weighted by Crippen LogP contribution is -2.47. The van der Waals surface area contributed by atoms with Crippen molar-refractivity contribution in [2.45, 2.75) is 19.1 Å². The van der Waals surface area contributed by atoms with Crippen LogP contribution in [0.4, 0.5) is 33.9 Å². The topological polar surface area (TPSA) is 77.0 Å². The number of pyridine rings is 1. The van der Waals surface area contributed by atoms with Crippen molar-refractivity contribution in [3.63, 3.8) is 0 Å². The van der Waals surface area contributed by atoms with Crippen LogP contribution in [0.15, 0.2) is 30.3 Å². The summed E-state index contributed by atoms with van der Waals surface area (Å²) >= 11 is 5.78. The Labute approximate surface area is 185 Å². The van der Waals surface area contributed by atoms with Gasteiger partial charge in [0.05, 0.1) is 23.7 Å². The molecule has 1 aromatic heterocycles. The Morgan fingerprint density at radius 1 is 1.31 bits per heavy atom. The molecular weight excluding hydrogens is 456 g/mol. The van der Waals surface area contributed by atoms with Gasteiger partial charge in [-0.15, -0.1) is 0 Å². The zero-order valence-corrected chi connectivity index (χ0v) is 17.8. The van der Waals surface area contributed by atoms with Crippen molar-refractivity contribution >= 4 is 35.0 Å². The minimum absolute atomic E-state index is 0.00750. The highest BCUT2D eigenvalue weighted by Gasteiger charge is 2.45. The van der Waals surface area contributed by atoms with E-state index in [0.717, 1.165) is 26.8 Å². The molecule has 2 aromatic rings. The summed E-state index contributed by atoms with van der Waals surface area (Å²) in [5.74, 6) is -1.68. The predicted molar refractivity (Wildman–Crippen MR) is 109 cm³/mol. The van der Waals surface area contributed by atoms with Crippen molar-refractivity contribution < 1.29 is 32.3 Å². The zero-order valence-electron chi connectivity index (χ0n) is 17.0. The summed E-state index contributed by atoms with van der Waals surface area (Å²) in [5.41, 5.74) is -0.783. The lowest BCUT2D eigenvalue weighted by Gasteiger charge is -2.27. The number of benzene rings is 1. The molecule has 32 heavy (non-hydrogen) atoms. The molecule has 2 heterocycles. The Kier molecular flexibility index (Phi) is 6.61. The van der Waals surface area contributed by atoms with E-state index >= 15 is 0 Å². The monoisotopic (exact) mass is 474 g/mol. The Bertz CT molecular complexity index is 1050. The maximum absolute atomic E-state index is 13.5. The number of carbonyl (C=O) groups excluding carboxylic acids is 2. The predicted octanol–water partition coefficient (Wildman–Crippen LogP) is 3.47. The molecule has 0 bridgehead atoms. The molecule has 1 saturated heterocycles. The fourth-order valence-electron chi connectivity index (χ4n) is 3.39. The number of nitrogens with zero attached hydrogens (tertiary/aromatic N) is 4. The summed E-state index contributed by atoms with van der Waals surface area (Å²) < 4.78 is 53.4. The lowest BCUT2D eigenvalue weighted by atomic mass is 10.1. The molecule has 1 fully saturated rings. The average molecular weight is 475 g/mol. The number of anilines is 2. The lowest BCUT2D eigenvalue weighted by molar-refractivity contribution is -0.137. The number of hydrogen-bond acceptors (Lipinski definition) is 4. The van der Waals surface area contributed by atoms with E-state index in [1.54, 1.807) is 0 Å². The van der Waals surface area contributed by atoms with Gasteiger partial charge in [0, 0.05) is 25.0 Å².